The van der Waals surface area contributed by atoms with Crippen LogP contribution < -0.4 is 14.4 Å². The van der Waals surface area contributed by atoms with Gasteiger partial charge < -0.3 is 14.4 Å². The van der Waals surface area contributed by atoms with Crippen LogP contribution in [-0.2, 0) is 6.54 Å². The molecule has 106 valence electrons. The molecule has 0 fully saturated rings. The van der Waals surface area contributed by atoms with Gasteiger partial charge in [0.05, 0.1) is 13.7 Å². The molecule has 0 unspecified atom stereocenters. The lowest BCUT2D eigenvalue weighted by Crippen LogP contribution is -2.18. The molecular weight excluding hydrogens is 254 g/mol. The highest BCUT2D eigenvalue weighted by molar-refractivity contribution is 5.49. The molecule has 1 heterocycles. The fourth-order valence-corrected chi connectivity index (χ4v) is 2.00. The molecule has 1 aromatic carbocycles. The third-order valence-corrected chi connectivity index (χ3v) is 2.93. The minimum atomic E-state index is 0.602. The van der Waals surface area contributed by atoms with Crippen molar-refractivity contribution in [2.45, 2.75) is 13.5 Å². The number of rotatable bonds is 6. The summed E-state index contributed by atoms with van der Waals surface area (Å²) in [6, 6.07) is 7.77. The van der Waals surface area contributed by atoms with Gasteiger partial charge in [-0.15, -0.1) is 0 Å². The van der Waals surface area contributed by atoms with Crippen LogP contribution in [0.3, 0.4) is 0 Å². The van der Waals surface area contributed by atoms with Gasteiger partial charge >= 0.3 is 0 Å². The summed E-state index contributed by atoms with van der Waals surface area (Å²) in [5, 5.41) is 0. The lowest BCUT2D eigenvalue weighted by molar-refractivity contribution is 0.307. The average molecular weight is 273 g/mol. The van der Waals surface area contributed by atoms with Crippen LogP contribution >= 0.6 is 0 Å². The topological polar surface area (TPSA) is 47.5 Å². The van der Waals surface area contributed by atoms with Crippen molar-refractivity contribution in [3.05, 3.63) is 42.4 Å². The number of hydrogen-bond acceptors (Lipinski definition) is 5. The van der Waals surface area contributed by atoms with Crippen molar-refractivity contribution in [1.29, 1.82) is 0 Å². The molecule has 0 aliphatic heterocycles. The molecule has 0 spiro atoms. The molecule has 0 saturated carbocycles. The molecular formula is C15H19N3O2. The van der Waals surface area contributed by atoms with E-state index in [4.69, 9.17) is 9.47 Å². The first-order valence-corrected chi connectivity index (χ1v) is 6.52. The molecule has 5 nitrogen and oxygen atoms in total. The van der Waals surface area contributed by atoms with E-state index in [0.29, 0.717) is 13.2 Å². The van der Waals surface area contributed by atoms with Gasteiger partial charge in [-0.05, 0) is 19.1 Å². The van der Waals surface area contributed by atoms with Crippen LogP contribution in [0, 0.1) is 0 Å². The van der Waals surface area contributed by atoms with E-state index in [-0.39, 0.29) is 0 Å². The average Bonchev–Trinajstić information content (AvgIpc) is 2.50. The number of ether oxygens (including phenoxy) is 2. The monoisotopic (exact) mass is 273 g/mol. The van der Waals surface area contributed by atoms with E-state index in [0.717, 1.165) is 22.9 Å². The van der Waals surface area contributed by atoms with Crippen LogP contribution in [0.2, 0.25) is 0 Å². The van der Waals surface area contributed by atoms with Gasteiger partial charge in [0, 0.05) is 25.4 Å². The van der Waals surface area contributed by atoms with E-state index < -0.39 is 0 Å². The van der Waals surface area contributed by atoms with Gasteiger partial charge in [-0.25, -0.2) is 9.97 Å². The Morgan fingerprint density at radius 3 is 2.75 bits per heavy atom. The quantitative estimate of drug-likeness (QED) is 0.809. The fourth-order valence-electron chi connectivity index (χ4n) is 2.00. The smallest absolute Gasteiger partial charge is 0.166 e. The Morgan fingerprint density at radius 1 is 1.25 bits per heavy atom. The van der Waals surface area contributed by atoms with Crippen molar-refractivity contribution >= 4 is 5.82 Å². The van der Waals surface area contributed by atoms with Gasteiger partial charge in [0.1, 0.15) is 12.1 Å². The molecule has 2 aromatic rings. The number of benzene rings is 1. The molecule has 0 N–H and O–H groups in total. The standard InChI is InChI=1S/C15H19N3O2/c1-4-20-15-12(6-5-7-13(15)19-3)10-18(2)14-8-9-16-11-17-14/h5-9,11H,4,10H2,1-3H3. The Morgan fingerprint density at radius 2 is 2.10 bits per heavy atom. The highest BCUT2D eigenvalue weighted by atomic mass is 16.5. The lowest BCUT2D eigenvalue weighted by atomic mass is 10.1. The predicted octanol–water partition coefficient (Wildman–Crippen LogP) is 2.52. The van der Waals surface area contributed by atoms with Gasteiger partial charge in [0.2, 0.25) is 0 Å². The second-order valence-electron chi connectivity index (χ2n) is 4.31. The van der Waals surface area contributed by atoms with E-state index >= 15 is 0 Å². The number of aromatic nitrogens is 2. The van der Waals surface area contributed by atoms with Crippen molar-refractivity contribution < 1.29 is 9.47 Å². The van der Waals surface area contributed by atoms with E-state index in [9.17, 15) is 0 Å². The van der Waals surface area contributed by atoms with E-state index in [1.807, 2.05) is 43.1 Å². The van der Waals surface area contributed by atoms with Crippen LogP contribution in [0.4, 0.5) is 5.82 Å². The van der Waals surface area contributed by atoms with Crippen LogP contribution in [0.5, 0.6) is 11.5 Å². The third-order valence-electron chi connectivity index (χ3n) is 2.93. The van der Waals surface area contributed by atoms with Gasteiger partial charge in [-0.3, -0.25) is 0 Å². The Kier molecular flexibility index (Phi) is 4.76. The summed E-state index contributed by atoms with van der Waals surface area (Å²) in [5.41, 5.74) is 1.06. The zero-order valence-corrected chi connectivity index (χ0v) is 12.0. The highest BCUT2D eigenvalue weighted by Crippen LogP contribution is 2.32. The highest BCUT2D eigenvalue weighted by Gasteiger charge is 2.12. The predicted molar refractivity (Wildman–Crippen MR) is 78.3 cm³/mol. The van der Waals surface area contributed by atoms with Gasteiger partial charge in [0.15, 0.2) is 11.5 Å². The van der Waals surface area contributed by atoms with E-state index in [1.54, 1.807) is 19.6 Å². The lowest BCUT2D eigenvalue weighted by Gasteiger charge is -2.20. The maximum atomic E-state index is 5.71. The summed E-state index contributed by atoms with van der Waals surface area (Å²) in [6.07, 6.45) is 3.27. The van der Waals surface area contributed by atoms with Gasteiger partial charge in [-0.1, -0.05) is 12.1 Å². The Hall–Kier alpha value is -2.30. The molecule has 2 rings (SSSR count). The van der Waals surface area contributed by atoms with Crippen molar-refractivity contribution in [3.8, 4) is 11.5 Å². The minimum Gasteiger partial charge on any atom is -0.493 e. The molecule has 0 aliphatic carbocycles. The minimum absolute atomic E-state index is 0.602. The molecule has 1 aromatic heterocycles. The van der Waals surface area contributed by atoms with Crippen LogP contribution in [-0.4, -0.2) is 30.7 Å². The van der Waals surface area contributed by atoms with Gasteiger partial charge in [-0.2, -0.15) is 0 Å². The van der Waals surface area contributed by atoms with E-state index in [1.165, 1.54) is 0 Å². The first-order valence-electron chi connectivity index (χ1n) is 6.52. The molecule has 0 amide bonds. The molecule has 0 aliphatic rings. The maximum Gasteiger partial charge on any atom is 0.166 e. The van der Waals surface area contributed by atoms with Crippen LogP contribution in [0.1, 0.15) is 12.5 Å². The SMILES string of the molecule is CCOc1c(CN(C)c2ccncn2)cccc1OC. The largest absolute Gasteiger partial charge is 0.493 e. The Bertz CT molecular complexity index is 546. The summed E-state index contributed by atoms with van der Waals surface area (Å²) < 4.78 is 11.1. The van der Waals surface area contributed by atoms with Crippen molar-refractivity contribution in [2.75, 3.05) is 25.7 Å². The Labute approximate surface area is 119 Å². The Balaban J connectivity index is 2.24. The number of methoxy groups -OCH3 is 1. The van der Waals surface area contributed by atoms with Crippen molar-refractivity contribution in [2.24, 2.45) is 0 Å². The number of anilines is 1. The molecule has 0 bridgehead atoms. The summed E-state index contributed by atoms with van der Waals surface area (Å²) in [7, 11) is 3.63. The summed E-state index contributed by atoms with van der Waals surface area (Å²) in [5.74, 6) is 2.41. The van der Waals surface area contributed by atoms with Crippen molar-refractivity contribution in [3.63, 3.8) is 0 Å². The molecule has 0 saturated heterocycles. The zero-order chi connectivity index (χ0) is 14.4. The first kappa shape index (κ1) is 14.1. The fraction of sp³-hybridized carbons (Fsp3) is 0.333. The van der Waals surface area contributed by atoms with Crippen LogP contribution in [0.25, 0.3) is 0 Å². The summed E-state index contributed by atoms with van der Waals surface area (Å²) >= 11 is 0. The number of nitrogens with zero attached hydrogens (tertiary/aromatic N) is 3. The second kappa shape index (κ2) is 6.75. The van der Waals surface area contributed by atoms with Gasteiger partial charge in [0.25, 0.3) is 0 Å². The van der Waals surface area contributed by atoms with Crippen molar-refractivity contribution in [1.82, 2.24) is 9.97 Å². The summed E-state index contributed by atoms with van der Waals surface area (Å²) in [4.78, 5) is 10.2. The molecule has 0 atom stereocenters. The first-order chi connectivity index (χ1) is 9.76. The third kappa shape index (κ3) is 3.17. The molecule has 20 heavy (non-hydrogen) atoms. The maximum absolute atomic E-state index is 5.71. The van der Waals surface area contributed by atoms with E-state index in [2.05, 4.69) is 9.97 Å². The zero-order valence-electron chi connectivity index (χ0n) is 12.0. The normalized spacial score (nSPS) is 10.2. The summed E-state index contributed by atoms with van der Waals surface area (Å²) in [6.45, 7) is 3.25. The molecule has 0 radical (unpaired) electrons. The molecule has 5 heteroatoms. The number of hydrogen-bond donors (Lipinski definition) is 0. The second-order valence-corrected chi connectivity index (χ2v) is 4.31. The number of para-hydroxylation sites is 1. The van der Waals surface area contributed by atoms with Crippen LogP contribution in [0.15, 0.2) is 36.8 Å².